The molecular formula is C16H17N5O8S. The van der Waals surface area contributed by atoms with Gasteiger partial charge in [-0.2, -0.15) is 5.10 Å². The maximum absolute atomic E-state index is 12.6. The molecule has 13 nitrogen and oxygen atoms in total. The maximum atomic E-state index is 12.6. The number of esters is 1. The minimum absolute atomic E-state index is 0.167. The summed E-state index contributed by atoms with van der Waals surface area (Å²) in [6.07, 6.45) is 1.12. The van der Waals surface area contributed by atoms with Gasteiger partial charge in [0.1, 0.15) is 29.9 Å². The number of amides is 2. The van der Waals surface area contributed by atoms with Crippen molar-refractivity contribution >= 4 is 41.2 Å². The summed E-state index contributed by atoms with van der Waals surface area (Å²) in [4.78, 5) is 59.2. The second kappa shape index (κ2) is 8.14. The van der Waals surface area contributed by atoms with Gasteiger partial charge in [0, 0.05) is 24.8 Å². The number of aliphatic carboxylic acids is 1. The average molecular weight is 439 g/mol. The minimum atomic E-state index is -1.36. The third kappa shape index (κ3) is 3.72. The van der Waals surface area contributed by atoms with Crippen LogP contribution < -0.4 is 5.32 Å². The molecular weight excluding hydrogens is 422 g/mol. The van der Waals surface area contributed by atoms with E-state index in [0.29, 0.717) is 6.54 Å². The highest BCUT2D eigenvalue weighted by molar-refractivity contribution is 8.00. The lowest BCUT2D eigenvalue weighted by Gasteiger charge is -2.49. The lowest BCUT2D eigenvalue weighted by molar-refractivity contribution is -0.385. The van der Waals surface area contributed by atoms with Crippen LogP contribution in [0.1, 0.15) is 24.3 Å². The van der Waals surface area contributed by atoms with E-state index in [-0.39, 0.29) is 23.6 Å². The second-order valence-electron chi connectivity index (χ2n) is 6.37. The van der Waals surface area contributed by atoms with E-state index in [4.69, 9.17) is 4.74 Å². The zero-order valence-corrected chi connectivity index (χ0v) is 16.7. The van der Waals surface area contributed by atoms with Crippen LogP contribution in [-0.2, 0) is 25.7 Å². The van der Waals surface area contributed by atoms with Gasteiger partial charge in [-0.25, -0.2) is 4.79 Å². The molecule has 2 atom stereocenters. The van der Waals surface area contributed by atoms with Crippen molar-refractivity contribution in [2.45, 2.75) is 31.8 Å². The van der Waals surface area contributed by atoms with E-state index in [1.807, 2.05) is 0 Å². The number of nitro groups is 1. The first-order valence-electron chi connectivity index (χ1n) is 8.71. The number of aromatic nitrogens is 2. The summed E-state index contributed by atoms with van der Waals surface area (Å²) in [5, 5.41) is 26.2. The Labute approximate surface area is 173 Å². The summed E-state index contributed by atoms with van der Waals surface area (Å²) in [5.74, 6) is -3.37. The van der Waals surface area contributed by atoms with Crippen LogP contribution in [0.5, 0.6) is 0 Å². The first kappa shape index (κ1) is 21.3. The van der Waals surface area contributed by atoms with Gasteiger partial charge in [0.15, 0.2) is 0 Å². The van der Waals surface area contributed by atoms with Crippen molar-refractivity contribution < 1.29 is 33.9 Å². The monoisotopic (exact) mass is 439 g/mol. The number of rotatable bonds is 7. The standard InChI is InChI=1S/C16H17N5O8S/c1-3-19-4-9(21(27)28)10(18-19)13(23)17-11-14(24)20-12(16(25)26)8(5-29-7(2)22)6-30-15(11)20/h4,11,15H,3,5-6H2,1-2H3,(H,17,23)(H,25,26)/t11-,15+/m1/s1. The molecule has 1 aromatic heterocycles. The van der Waals surface area contributed by atoms with Crippen molar-refractivity contribution in [3.63, 3.8) is 0 Å². The van der Waals surface area contributed by atoms with Crippen LogP contribution in [0.15, 0.2) is 17.5 Å². The molecule has 0 aromatic carbocycles. The van der Waals surface area contributed by atoms with Crippen molar-refractivity contribution in [3.8, 4) is 0 Å². The number of fused-ring (bicyclic) bond motifs is 1. The number of hydrogen-bond acceptors (Lipinski definition) is 9. The Bertz CT molecular complexity index is 986. The normalized spacial score (nSPS) is 20.3. The number of ether oxygens (including phenoxy) is 1. The predicted octanol–water partition coefficient (Wildman–Crippen LogP) is -0.273. The van der Waals surface area contributed by atoms with E-state index in [1.165, 1.54) is 23.4 Å². The van der Waals surface area contributed by atoms with Gasteiger partial charge in [-0.1, -0.05) is 0 Å². The number of nitrogens with one attached hydrogen (secondary N) is 1. The molecule has 0 unspecified atom stereocenters. The van der Waals surface area contributed by atoms with Gasteiger partial charge >= 0.3 is 17.6 Å². The molecule has 0 saturated carbocycles. The first-order chi connectivity index (χ1) is 14.1. The van der Waals surface area contributed by atoms with Crippen molar-refractivity contribution in [2.75, 3.05) is 12.4 Å². The van der Waals surface area contributed by atoms with Gasteiger partial charge in [-0.3, -0.25) is 34.1 Å². The number of aryl methyl sites for hydroxylation is 1. The molecule has 0 bridgehead atoms. The number of carbonyl (C=O) groups is 4. The number of carboxylic acid groups (broad SMARTS) is 1. The van der Waals surface area contributed by atoms with Crippen LogP contribution in [0.2, 0.25) is 0 Å². The van der Waals surface area contributed by atoms with Gasteiger partial charge in [-0.05, 0) is 6.92 Å². The van der Waals surface area contributed by atoms with E-state index >= 15 is 0 Å². The van der Waals surface area contributed by atoms with Crippen LogP contribution in [0.4, 0.5) is 5.69 Å². The highest BCUT2D eigenvalue weighted by Crippen LogP contribution is 2.40. The van der Waals surface area contributed by atoms with Gasteiger partial charge < -0.3 is 15.2 Å². The van der Waals surface area contributed by atoms with Crippen molar-refractivity contribution in [1.82, 2.24) is 20.0 Å². The second-order valence-corrected chi connectivity index (χ2v) is 7.48. The molecule has 2 amide bonds. The molecule has 0 spiro atoms. The quantitative estimate of drug-likeness (QED) is 0.249. The van der Waals surface area contributed by atoms with Gasteiger partial charge in [0.25, 0.3) is 11.8 Å². The molecule has 2 aliphatic heterocycles. The van der Waals surface area contributed by atoms with E-state index in [2.05, 4.69) is 10.4 Å². The van der Waals surface area contributed by atoms with Crippen LogP contribution >= 0.6 is 11.8 Å². The molecule has 160 valence electrons. The molecule has 1 saturated heterocycles. The van der Waals surface area contributed by atoms with E-state index in [1.54, 1.807) is 6.92 Å². The summed E-state index contributed by atoms with van der Waals surface area (Å²) >= 11 is 1.18. The molecule has 3 rings (SSSR count). The topological polar surface area (TPSA) is 174 Å². The van der Waals surface area contributed by atoms with Crippen LogP contribution in [0.25, 0.3) is 0 Å². The maximum Gasteiger partial charge on any atom is 0.352 e. The molecule has 3 heterocycles. The third-order valence-electron chi connectivity index (χ3n) is 4.46. The molecule has 2 aliphatic rings. The minimum Gasteiger partial charge on any atom is -0.477 e. The van der Waals surface area contributed by atoms with Gasteiger partial charge in [0.2, 0.25) is 5.69 Å². The third-order valence-corrected chi connectivity index (χ3v) is 5.80. The van der Waals surface area contributed by atoms with E-state index < -0.39 is 51.5 Å². The molecule has 0 radical (unpaired) electrons. The number of nitrogens with zero attached hydrogens (tertiary/aromatic N) is 4. The van der Waals surface area contributed by atoms with E-state index in [9.17, 15) is 34.4 Å². The molecule has 1 aromatic rings. The van der Waals surface area contributed by atoms with Crippen LogP contribution in [0.3, 0.4) is 0 Å². The number of β-lactam (4-membered cyclic amide) rings is 1. The Balaban J connectivity index is 1.79. The Morgan fingerprint density at radius 2 is 2.17 bits per heavy atom. The molecule has 1 fully saturated rings. The molecule has 14 heteroatoms. The van der Waals surface area contributed by atoms with Gasteiger partial charge in [0.05, 0.1) is 4.92 Å². The Hall–Kier alpha value is -3.42. The lowest BCUT2D eigenvalue weighted by Crippen LogP contribution is -2.70. The number of carbonyl (C=O) groups excluding carboxylic acids is 3. The number of carboxylic acids is 1. The van der Waals surface area contributed by atoms with Crippen molar-refractivity contribution in [2.24, 2.45) is 0 Å². The average Bonchev–Trinajstić information content (AvgIpc) is 3.14. The lowest BCUT2D eigenvalue weighted by atomic mass is 10.0. The Morgan fingerprint density at radius 1 is 1.47 bits per heavy atom. The van der Waals surface area contributed by atoms with Gasteiger partial charge in [-0.15, -0.1) is 11.8 Å². The summed E-state index contributed by atoms with van der Waals surface area (Å²) < 4.78 is 6.07. The van der Waals surface area contributed by atoms with Crippen molar-refractivity contribution in [1.29, 1.82) is 0 Å². The summed E-state index contributed by atoms with van der Waals surface area (Å²) in [7, 11) is 0. The zero-order chi connectivity index (χ0) is 22.2. The SMILES string of the molecule is CCn1cc([N+](=O)[O-])c(C(=O)N[C@@H]2C(=O)N3C(C(=O)O)=C(COC(C)=O)CS[C@@H]23)n1. The number of hydrogen-bond donors (Lipinski definition) is 2. The van der Waals surface area contributed by atoms with Crippen LogP contribution in [0, 0.1) is 10.1 Å². The molecule has 30 heavy (non-hydrogen) atoms. The summed E-state index contributed by atoms with van der Waals surface area (Å²) in [6, 6.07) is -1.07. The largest absolute Gasteiger partial charge is 0.477 e. The highest BCUT2D eigenvalue weighted by Gasteiger charge is 2.54. The zero-order valence-electron chi connectivity index (χ0n) is 15.9. The fourth-order valence-corrected chi connectivity index (χ4v) is 4.39. The highest BCUT2D eigenvalue weighted by atomic mass is 32.2. The summed E-state index contributed by atoms with van der Waals surface area (Å²) in [5.41, 5.74) is -0.964. The summed E-state index contributed by atoms with van der Waals surface area (Å²) in [6.45, 7) is 2.91. The smallest absolute Gasteiger partial charge is 0.352 e. The van der Waals surface area contributed by atoms with E-state index in [0.717, 1.165) is 11.1 Å². The van der Waals surface area contributed by atoms with Crippen molar-refractivity contribution in [3.05, 3.63) is 33.3 Å². The Kier molecular flexibility index (Phi) is 5.78. The Morgan fingerprint density at radius 3 is 2.73 bits per heavy atom. The fraction of sp³-hybridized carbons (Fsp3) is 0.438. The first-order valence-corrected chi connectivity index (χ1v) is 9.76. The molecule has 0 aliphatic carbocycles. The fourth-order valence-electron chi connectivity index (χ4n) is 3.06. The molecule has 2 N–H and O–H groups in total. The predicted molar refractivity (Wildman–Crippen MR) is 100 cm³/mol. The number of thioether (sulfide) groups is 1. The van der Waals surface area contributed by atoms with Crippen LogP contribution in [-0.4, -0.2) is 72.2 Å².